The van der Waals surface area contributed by atoms with Gasteiger partial charge in [0.1, 0.15) is 6.54 Å². The molecule has 3 rings (SSSR count). The number of hydrogen-bond acceptors (Lipinski definition) is 5. The highest BCUT2D eigenvalue weighted by atomic mass is 16.2. The van der Waals surface area contributed by atoms with Gasteiger partial charge in [-0.15, -0.1) is 0 Å². The molecule has 2 saturated heterocycles. The van der Waals surface area contributed by atoms with Crippen LogP contribution in [0.25, 0.3) is 0 Å². The lowest BCUT2D eigenvalue weighted by molar-refractivity contribution is -0.159. The summed E-state index contributed by atoms with van der Waals surface area (Å²) in [6.07, 6.45) is 0.998. The maximum absolute atomic E-state index is 13.4. The minimum absolute atomic E-state index is 0.0152. The molecule has 3 aliphatic rings. The highest BCUT2D eigenvalue weighted by Gasteiger charge is 2.56. The second kappa shape index (κ2) is 9.64. The van der Waals surface area contributed by atoms with Crippen LogP contribution in [-0.4, -0.2) is 76.1 Å². The lowest BCUT2D eigenvalue weighted by Crippen LogP contribution is -2.67. The van der Waals surface area contributed by atoms with Crippen molar-refractivity contribution in [3.63, 3.8) is 0 Å². The topological polar surface area (TPSA) is 114 Å². The summed E-state index contributed by atoms with van der Waals surface area (Å²) >= 11 is 0. The van der Waals surface area contributed by atoms with E-state index in [1.807, 2.05) is 41.5 Å². The number of carbonyl (C=O) groups is 4. The van der Waals surface area contributed by atoms with E-state index in [2.05, 4.69) is 16.1 Å². The van der Waals surface area contributed by atoms with E-state index in [0.717, 1.165) is 0 Å². The summed E-state index contributed by atoms with van der Waals surface area (Å²) in [7, 11) is 0. The molecule has 0 aromatic carbocycles. The second-order valence-electron chi connectivity index (χ2n) is 10.2. The molecular weight excluding hydrogens is 412 g/mol. The van der Waals surface area contributed by atoms with Crippen LogP contribution >= 0.6 is 0 Å². The van der Waals surface area contributed by atoms with Gasteiger partial charge in [0.25, 0.3) is 0 Å². The van der Waals surface area contributed by atoms with Crippen LogP contribution in [0.2, 0.25) is 0 Å². The van der Waals surface area contributed by atoms with E-state index in [9.17, 15) is 19.2 Å². The van der Waals surface area contributed by atoms with Crippen LogP contribution < -0.4 is 16.1 Å². The average Bonchev–Trinajstić information content (AvgIpc) is 2.99. The Morgan fingerprint density at radius 2 is 1.69 bits per heavy atom. The Morgan fingerprint density at radius 3 is 2.28 bits per heavy atom. The van der Waals surface area contributed by atoms with Crippen molar-refractivity contribution in [2.75, 3.05) is 13.1 Å². The number of urea groups is 1. The van der Waals surface area contributed by atoms with Gasteiger partial charge in [-0.1, -0.05) is 13.8 Å². The Balaban J connectivity index is 1.84. The molecule has 0 aromatic heterocycles. The van der Waals surface area contributed by atoms with E-state index in [-0.39, 0.29) is 66.2 Å². The van der Waals surface area contributed by atoms with Gasteiger partial charge in [0, 0.05) is 30.6 Å². The number of hydrazine groups is 1. The van der Waals surface area contributed by atoms with Crippen molar-refractivity contribution in [2.45, 2.75) is 85.2 Å². The molecule has 0 radical (unpaired) electrons. The summed E-state index contributed by atoms with van der Waals surface area (Å²) in [6.45, 7) is 12.0. The van der Waals surface area contributed by atoms with E-state index >= 15 is 0 Å². The molecule has 3 N–H and O–H groups in total. The van der Waals surface area contributed by atoms with Crippen molar-refractivity contribution in [2.24, 2.45) is 17.8 Å². The highest BCUT2D eigenvalue weighted by molar-refractivity contribution is 5.89. The van der Waals surface area contributed by atoms with Crippen molar-refractivity contribution in [1.82, 2.24) is 30.9 Å². The number of amides is 5. The van der Waals surface area contributed by atoms with Crippen molar-refractivity contribution in [1.29, 1.82) is 0 Å². The van der Waals surface area contributed by atoms with Crippen molar-refractivity contribution >= 4 is 23.8 Å². The van der Waals surface area contributed by atoms with E-state index < -0.39 is 6.29 Å². The molecule has 1 aliphatic carbocycles. The van der Waals surface area contributed by atoms with Crippen LogP contribution in [0.5, 0.6) is 0 Å². The smallest absolute Gasteiger partial charge is 0.337 e. The largest absolute Gasteiger partial charge is 0.354 e. The first-order valence-electron chi connectivity index (χ1n) is 11.8. The molecule has 4 atom stereocenters. The average molecular weight is 451 g/mol. The Kier molecular flexibility index (Phi) is 7.32. The highest BCUT2D eigenvalue weighted by Crippen LogP contribution is 2.40. The summed E-state index contributed by atoms with van der Waals surface area (Å²) in [5.74, 6) is -0.628. The fraction of sp³-hybridized carbons (Fsp3) is 0.818. The molecule has 2 aliphatic heterocycles. The van der Waals surface area contributed by atoms with Gasteiger partial charge in [-0.2, -0.15) is 5.43 Å². The van der Waals surface area contributed by atoms with Crippen LogP contribution in [0.4, 0.5) is 4.79 Å². The molecule has 10 heteroatoms. The number of nitrogens with one attached hydrogen (secondary N) is 3. The first kappa shape index (κ1) is 24.3. The van der Waals surface area contributed by atoms with Gasteiger partial charge in [0.15, 0.2) is 6.29 Å². The zero-order valence-corrected chi connectivity index (χ0v) is 20.1. The minimum Gasteiger partial charge on any atom is -0.354 e. The first-order chi connectivity index (χ1) is 15.0. The summed E-state index contributed by atoms with van der Waals surface area (Å²) in [4.78, 5) is 55.2. The van der Waals surface area contributed by atoms with Crippen molar-refractivity contribution in [3.05, 3.63) is 0 Å². The fourth-order valence-electron chi connectivity index (χ4n) is 4.97. The van der Waals surface area contributed by atoms with Gasteiger partial charge in [-0.25, -0.2) is 9.80 Å². The SMILES string of the molecule is CC(C)CN1C(=O)C2CCC(C(=O)NC(C)C)CC2N2C(=O)N(CC(=O)NC(C)C)NC12. The molecule has 0 spiro atoms. The predicted molar refractivity (Wildman–Crippen MR) is 119 cm³/mol. The first-order valence-corrected chi connectivity index (χ1v) is 11.8. The third-order valence-corrected chi connectivity index (χ3v) is 6.17. The van der Waals surface area contributed by atoms with Gasteiger partial charge in [0.2, 0.25) is 17.7 Å². The van der Waals surface area contributed by atoms with Crippen LogP contribution in [0.15, 0.2) is 0 Å². The third kappa shape index (κ3) is 5.00. The van der Waals surface area contributed by atoms with Crippen LogP contribution in [0.3, 0.4) is 0 Å². The predicted octanol–water partition coefficient (Wildman–Crippen LogP) is 0.845. The van der Waals surface area contributed by atoms with Crippen molar-refractivity contribution < 1.29 is 19.2 Å². The lowest BCUT2D eigenvalue weighted by atomic mass is 9.75. The molecular formula is C22H38N6O4. The Morgan fingerprint density at radius 1 is 1.03 bits per heavy atom. The number of carbonyl (C=O) groups excluding carboxylic acids is 4. The number of fused-ring (bicyclic) bond motifs is 3. The molecule has 180 valence electrons. The lowest BCUT2D eigenvalue weighted by Gasteiger charge is -2.50. The Labute approximate surface area is 190 Å². The number of nitrogens with zero attached hydrogens (tertiary/aromatic N) is 3. The van der Waals surface area contributed by atoms with Crippen LogP contribution in [-0.2, 0) is 14.4 Å². The Bertz CT molecular complexity index is 755. The standard InChI is InChI=1S/C22H38N6O4/c1-12(2)10-26-20(31)16-8-7-15(19(30)24-14(5)6)9-17(16)28-21(26)25-27(22(28)32)11-18(29)23-13(3)4/h12-17,21,25H,7-11H2,1-6H3,(H,23,29)(H,24,30). The fourth-order valence-corrected chi connectivity index (χ4v) is 4.97. The van der Waals surface area contributed by atoms with Gasteiger partial charge in [0.05, 0.1) is 5.92 Å². The van der Waals surface area contributed by atoms with Crippen molar-refractivity contribution in [3.8, 4) is 0 Å². The van der Waals surface area contributed by atoms with Gasteiger partial charge < -0.3 is 15.5 Å². The Hall–Kier alpha value is -2.36. The van der Waals surface area contributed by atoms with E-state index in [0.29, 0.717) is 25.8 Å². The van der Waals surface area contributed by atoms with Crippen LogP contribution in [0.1, 0.15) is 60.8 Å². The minimum atomic E-state index is -0.641. The maximum atomic E-state index is 13.4. The third-order valence-electron chi connectivity index (χ3n) is 6.17. The second-order valence-corrected chi connectivity index (χ2v) is 10.2. The normalized spacial score (nSPS) is 27.8. The summed E-state index contributed by atoms with van der Waals surface area (Å²) in [6, 6.07) is -0.696. The summed E-state index contributed by atoms with van der Waals surface area (Å²) in [5.41, 5.74) is 3.10. The molecule has 3 fully saturated rings. The molecule has 0 bridgehead atoms. The van der Waals surface area contributed by atoms with E-state index in [4.69, 9.17) is 0 Å². The molecule has 5 amide bonds. The quantitative estimate of drug-likeness (QED) is 0.532. The zero-order chi connectivity index (χ0) is 23.7. The summed E-state index contributed by atoms with van der Waals surface area (Å²) < 4.78 is 0. The van der Waals surface area contributed by atoms with Gasteiger partial charge in [-0.05, 0) is 52.9 Å². The molecule has 4 unspecified atom stereocenters. The zero-order valence-electron chi connectivity index (χ0n) is 20.1. The maximum Gasteiger partial charge on any atom is 0.337 e. The van der Waals surface area contributed by atoms with E-state index in [1.54, 1.807) is 9.80 Å². The van der Waals surface area contributed by atoms with Crippen LogP contribution in [0, 0.1) is 17.8 Å². The number of hydrogen-bond donors (Lipinski definition) is 3. The monoisotopic (exact) mass is 450 g/mol. The van der Waals surface area contributed by atoms with Gasteiger partial charge >= 0.3 is 6.03 Å². The molecule has 0 aromatic rings. The number of rotatable bonds is 7. The van der Waals surface area contributed by atoms with E-state index in [1.165, 1.54) is 5.01 Å². The molecule has 10 nitrogen and oxygen atoms in total. The molecule has 32 heavy (non-hydrogen) atoms. The van der Waals surface area contributed by atoms with Gasteiger partial charge in [-0.3, -0.25) is 19.3 Å². The summed E-state index contributed by atoms with van der Waals surface area (Å²) in [5, 5.41) is 7.05. The molecule has 2 heterocycles. The molecule has 1 saturated carbocycles.